The van der Waals surface area contributed by atoms with Crippen molar-refractivity contribution in [1.82, 2.24) is 14.8 Å². The SMILES string of the molecule is NC(CS)C(=O)N1CCN(C(=O)c2ccc(C3=NCCC=C3)nc2)CC1. The maximum absolute atomic E-state index is 12.7. The van der Waals surface area contributed by atoms with Crippen LogP contribution in [-0.2, 0) is 4.79 Å². The van der Waals surface area contributed by atoms with E-state index in [1.54, 1.807) is 22.1 Å². The van der Waals surface area contributed by atoms with Gasteiger partial charge in [0.05, 0.1) is 23.0 Å². The number of pyridine rings is 1. The van der Waals surface area contributed by atoms with Gasteiger partial charge in [-0.3, -0.25) is 19.6 Å². The number of allylic oxidation sites excluding steroid dienone is 1. The van der Waals surface area contributed by atoms with Gasteiger partial charge in [0, 0.05) is 44.7 Å². The highest BCUT2D eigenvalue weighted by Gasteiger charge is 2.27. The van der Waals surface area contributed by atoms with E-state index >= 15 is 0 Å². The van der Waals surface area contributed by atoms with E-state index in [1.807, 2.05) is 12.1 Å². The molecule has 8 heteroatoms. The van der Waals surface area contributed by atoms with E-state index in [1.165, 1.54) is 0 Å². The number of piperazine rings is 1. The molecule has 3 heterocycles. The second kappa shape index (κ2) is 8.46. The summed E-state index contributed by atoms with van der Waals surface area (Å²) in [6.07, 6.45) is 6.58. The summed E-state index contributed by atoms with van der Waals surface area (Å²) in [4.78, 5) is 37.0. The van der Waals surface area contributed by atoms with E-state index in [-0.39, 0.29) is 11.8 Å². The second-order valence-corrected chi connectivity index (χ2v) is 6.66. The third-order valence-electron chi connectivity index (χ3n) is 4.52. The van der Waals surface area contributed by atoms with Gasteiger partial charge >= 0.3 is 0 Å². The van der Waals surface area contributed by atoms with Crippen LogP contribution in [0.2, 0.25) is 0 Å². The minimum absolute atomic E-state index is 0.0734. The molecule has 1 unspecified atom stereocenters. The molecule has 0 bridgehead atoms. The monoisotopic (exact) mass is 373 g/mol. The molecule has 0 saturated carbocycles. The van der Waals surface area contributed by atoms with Crippen molar-refractivity contribution >= 4 is 30.2 Å². The fourth-order valence-electron chi connectivity index (χ4n) is 2.97. The Morgan fingerprint density at radius 2 is 1.92 bits per heavy atom. The van der Waals surface area contributed by atoms with Crippen LogP contribution in [0.5, 0.6) is 0 Å². The van der Waals surface area contributed by atoms with E-state index in [9.17, 15) is 9.59 Å². The van der Waals surface area contributed by atoms with Crippen molar-refractivity contribution in [3.05, 3.63) is 41.7 Å². The number of amides is 2. The molecular weight excluding hydrogens is 350 g/mol. The van der Waals surface area contributed by atoms with Crippen LogP contribution < -0.4 is 5.73 Å². The molecule has 26 heavy (non-hydrogen) atoms. The first kappa shape index (κ1) is 18.6. The molecule has 3 rings (SSSR count). The number of hydrogen-bond donors (Lipinski definition) is 2. The maximum atomic E-state index is 12.7. The molecule has 7 nitrogen and oxygen atoms in total. The first-order valence-corrected chi connectivity index (χ1v) is 9.35. The van der Waals surface area contributed by atoms with Crippen molar-refractivity contribution in [2.75, 3.05) is 38.5 Å². The fraction of sp³-hybridized carbons (Fsp3) is 0.444. The molecule has 1 aromatic heterocycles. The quantitative estimate of drug-likeness (QED) is 0.746. The lowest BCUT2D eigenvalue weighted by Crippen LogP contribution is -2.54. The number of aromatic nitrogens is 1. The lowest BCUT2D eigenvalue weighted by atomic mass is 10.1. The van der Waals surface area contributed by atoms with E-state index < -0.39 is 6.04 Å². The van der Waals surface area contributed by atoms with Gasteiger partial charge in [-0.25, -0.2) is 0 Å². The molecule has 0 radical (unpaired) electrons. The topological polar surface area (TPSA) is 91.9 Å². The smallest absolute Gasteiger partial charge is 0.255 e. The fourth-order valence-corrected chi connectivity index (χ4v) is 3.13. The molecule has 1 fully saturated rings. The zero-order valence-corrected chi connectivity index (χ0v) is 15.4. The molecule has 138 valence electrons. The van der Waals surface area contributed by atoms with E-state index in [0.29, 0.717) is 37.5 Å². The Kier molecular flexibility index (Phi) is 6.05. The van der Waals surface area contributed by atoms with Crippen LogP contribution in [0.4, 0.5) is 0 Å². The molecule has 0 aromatic carbocycles. The van der Waals surface area contributed by atoms with Crippen molar-refractivity contribution in [1.29, 1.82) is 0 Å². The van der Waals surface area contributed by atoms with Crippen molar-refractivity contribution in [3.8, 4) is 0 Å². The molecule has 2 aliphatic rings. The normalized spacial score (nSPS) is 18.5. The van der Waals surface area contributed by atoms with Gasteiger partial charge in [0.15, 0.2) is 0 Å². The molecule has 2 N–H and O–H groups in total. The highest BCUT2D eigenvalue weighted by atomic mass is 32.1. The van der Waals surface area contributed by atoms with Crippen LogP contribution in [0.3, 0.4) is 0 Å². The Labute approximate surface area is 158 Å². The van der Waals surface area contributed by atoms with E-state index in [4.69, 9.17) is 5.73 Å². The Balaban J connectivity index is 1.59. The molecule has 2 aliphatic heterocycles. The number of carbonyl (C=O) groups is 2. The molecule has 2 amide bonds. The van der Waals surface area contributed by atoms with Gasteiger partial charge in [-0.05, 0) is 24.6 Å². The summed E-state index contributed by atoms with van der Waals surface area (Å²) in [5.74, 6) is 0.131. The minimum Gasteiger partial charge on any atom is -0.338 e. The van der Waals surface area contributed by atoms with Crippen LogP contribution in [0.1, 0.15) is 22.5 Å². The predicted molar refractivity (Wildman–Crippen MR) is 104 cm³/mol. The average Bonchev–Trinajstić information content (AvgIpc) is 2.73. The molecule has 1 saturated heterocycles. The van der Waals surface area contributed by atoms with Gasteiger partial charge in [-0.15, -0.1) is 0 Å². The second-order valence-electron chi connectivity index (χ2n) is 6.30. The third-order valence-corrected chi connectivity index (χ3v) is 4.91. The van der Waals surface area contributed by atoms with Crippen molar-refractivity contribution in [3.63, 3.8) is 0 Å². The first-order valence-electron chi connectivity index (χ1n) is 8.72. The Hall–Kier alpha value is -2.19. The predicted octanol–water partition coefficient (Wildman–Crippen LogP) is 0.372. The highest BCUT2D eigenvalue weighted by molar-refractivity contribution is 7.80. The van der Waals surface area contributed by atoms with Gasteiger partial charge in [0.1, 0.15) is 0 Å². The standard InChI is InChI=1S/C18H23N5O2S/c19-14(12-26)18(25)23-9-7-22(8-10-23)17(24)13-4-5-16(21-11-13)15-3-1-2-6-20-15/h1,3-5,11,14,26H,2,6-10,12,19H2. The first-order chi connectivity index (χ1) is 12.6. The number of dihydropyridines is 1. The summed E-state index contributed by atoms with van der Waals surface area (Å²) in [6, 6.07) is 3.02. The van der Waals surface area contributed by atoms with Crippen LogP contribution in [0.15, 0.2) is 35.5 Å². The zero-order valence-electron chi connectivity index (χ0n) is 14.5. The van der Waals surface area contributed by atoms with Crippen LogP contribution in [-0.4, -0.2) is 76.8 Å². The molecule has 0 aliphatic carbocycles. The number of rotatable bonds is 4. The van der Waals surface area contributed by atoms with Crippen LogP contribution in [0.25, 0.3) is 0 Å². The van der Waals surface area contributed by atoms with Gasteiger partial charge in [0.2, 0.25) is 5.91 Å². The molecule has 1 aromatic rings. The number of thiol groups is 1. The number of hydrogen-bond acceptors (Lipinski definition) is 6. The summed E-state index contributed by atoms with van der Waals surface area (Å²) in [5.41, 5.74) is 7.90. The average molecular weight is 373 g/mol. The van der Waals surface area contributed by atoms with E-state index in [0.717, 1.165) is 24.4 Å². The van der Waals surface area contributed by atoms with Crippen LogP contribution >= 0.6 is 12.6 Å². The summed E-state index contributed by atoms with van der Waals surface area (Å²) < 4.78 is 0. The van der Waals surface area contributed by atoms with Crippen molar-refractivity contribution < 1.29 is 9.59 Å². The lowest BCUT2D eigenvalue weighted by Gasteiger charge is -2.35. The summed E-state index contributed by atoms with van der Waals surface area (Å²) in [6.45, 7) is 2.72. The Bertz CT molecular complexity index is 724. The maximum Gasteiger partial charge on any atom is 0.255 e. The van der Waals surface area contributed by atoms with E-state index in [2.05, 4.69) is 28.7 Å². The lowest BCUT2D eigenvalue weighted by molar-refractivity contribution is -0.133. The highest BCUT2D eigenvalue weighted by Crippen LogP contribution is 2.11. The van der Waals surface area contributed by atoms with Crippen molar-refractivity contribution in [2.24, 2.45) is 10.7 Å². The largest absolute Gasteiger partial charge is 0.338 e. The van der Waals surface area contributed by atoms with Crippen LogP contribution in [0, 0.1) is 0 Å². The number of nitrogens with two attached hydrogens (primary N) is 1. The molecular formula is C18H23N5O2S. The number of carbonyl (C=O) groups excluding carboxylic acids is 2. The number of aliphatic imine (C=N–C) groups is 1. The van der Waals surface area contributed by atoms with Gasteiger partial charge in [-0.2, -0.15) is 12.6 Å². The van der Waals surface area contributed by atoms with Gasteiger partial charge < -0.3 is 15.5 Å². The van der Waals surface area contributed by atoms with Gasteiger partial charge in [-0.1, -0.05) is 6.08 Å². The third kappa shape index (κ3) is 4.13. The summed E-state index contributed by atoms with van der Waals surface area (Å²) in [7, 11) is 0. The zero-order chi connectivity index (χ0) is 18.5. The van der Waals surface area contributed by atoms with Gasteiger partial charge in [0.25, 0.3) is 5.91 Å². The Morgan fingerprint density at radius 3 is 2.50 bits per heavy atom. The number of nitrogens with zero attached hydrogens (tertiary/aromatic N) is 4. The minimum atomic E-state index is -0.589. The Morgan fingerprint density at radius 1 is 1.19 bits per heavy atom. The summed E-state index contributed by atoms with van der Waals surface area (Å²) in [5, 5.41) is 0. The van der Waals surface area contributed by atoms with Crippen molar-refractivity contribution in [2.45, 2.75) is 12.5 Å². The molecule has 0 spiro atoms. The summed E-state index contributed by atoms with van der Waals surface area (Å²) >= 11 is 4.06. The molecule has 1 atom stereocenters.